The van der Waals surface area contributed by atoms with Gasteiger partial charge in [-0.2, -0.15) is 18.2 Å². The fourth-order valence-electron chi connectivity index (χ4n) is 3.20. The fourth-order valence-corrected chi connectivity index (χ4v) is 3.20. The van der Waals surface area contributed by atoms with E-state index in [1.165, 1.54) is 0 Å². The van der Waals surface area contributed by atoms with Gasteiger partial charge in [-0.15, -0.1) is 0 Å². The Kier molecular flexibility index (Phi) is 8.27. The molecule has 0 spiro atoms. The number of aliphatic carboxylic acids is 1. The Morgan fingerprint density at radius 3 is 2.59 bits per heavy atom. The first kappa shape index (κ1) is 25.2. The number of aryl methyl sites for hydroxylation is 1. The number of carbonyl (C=O) groups excluding carboxylic acids is 1. The Morgan fingerprint density at radius 1 is 1.41 bits per heavy atom. The molecule has 3 N–H and O–H groups in total. The molecule has 176 valence electrons. The van der Waals surface area contributed by atoms with Crippen molar-refractivity contribution in [2.75, 3.05) is 20.2 Å². The van der Waals surface area contributed by atoms with Gasteiger partial charge in [-0.3, -0.25) is 9.78 Å². The number of rotatable bonds is 5. The second-order valence-corrected chi connectivity index (χ2v) is 6.88. The van der Waals surface area contributed by atoms with E-state index >= 15 is 0 Å². The lowest BCUT2D eigenvalue weighted by Gasteiger charge is -2.29. The highest BCUT2D eigenvalue weighted by Gasteiger charge is 2.38. The number of carboxylic acid groups (broad SMARTS) is 1. The molecule has 13 heteroatoms. The van der Waals surface area contributed by atoms with Crippen LogP contribution in [0.4, 0.5) is 13.2 Å². The predicted molar refractivity (Wildman–Crippen MR) is 104 cm³/mol. The summed E-state index contributed by atoms with van der Waals surface area (Å²) >= 11 is 0. The van der Waals surface area contributed by atoms with Crippen LogP contribution in [-0.4, -0.2) is 63.4 Å². The molecule has 3 rings (SSSR count). The third kappa shape index (κ3) is 5.79. The molecule has 1 unspecified atom stereocenters. The maximum absolute atomic E-state index is 11.9. The SMILES string of the molecule is CCC(OC)c1nc(-c2c(C)ncc3c2CCN(C(=O)CN)C3)no1.O=C(O)C(F)(F)F. The van der Waals surface area contributed by atoms with Crippen LogP contribution < -0.4 is 5.73 Å². The van der Waals surface area contributed by atoms with Gasteiger partial charge in [-0.1, -0.05) is 12.1 Å². The minimum absolute atomic E-state index is 0.0190. The van der Waals surface area contributed by atoms with Crippen molar-refractivity contribution in [2.45, 2.75) is 45.5 Å². The number of aromatic nitrogens is 3. The number of methoxy groups -OCH3 is 1. The Bertz CT molecular complexity index is 959. The van der Waals surface area contributed by atoms with Crippen LogP contribution in [0.1, 0.15) is 42.2 Å². The number of ether oxygens (including phenoxy) is 1. The first-order valence-electron chi connectivity index (χ1n) is 9.65. The van der Waals surface area contributed by atoms with Crippen molar-refractivity contribution in [3.63, 3.8) is 0 Å². The number of alkyl halides is 3. The van der Waals surface area contributed by atoms with Crippen LogP contribution in [-0.2, 0) is 27.3 Å². The summed E-state index contributed by atoms with van der Waals surface area (Å²) in [7, 11) is 1.62. The van der Waals surface area contributed by atoms with E-state index in [-0.39, 0.29) is 18.6 Å². The monoisotopic (exact) mass is 459 g/mol. The van der Waals surface area contributed by atoms with Crippen LogP contribution in [0.3, 0.4) is 0 Å². The highest BCUT2D eigenvalue weighted by Crippen LogP contribution is 2.31. The van der Waals surface area contributed by atoms with E-state index in [9.17, 15) is 18.0 Å². The molecule has 0 fully saturated rings. The molecule has 1 amide bonds. The molecule has 10 nitrogen and oxygen atoms in total. The van der Waals surface area contributed by atoms with Gasteiger partial charge in [0.1, 0.15) is 6.10 Å². The van der Waals surface area contributed by atoms with Gasteiger partial charge in [0, 0.05) is 37.7 Å². The summed E-state index contributed by atoms with van der Waals surface area (Å²) in [4.78, 5) is 31.5. The van der Waals surface area contributed by atoms with Crippen LogP contribution in [0, 0.1) is 6.92 Å². The maximum Gasteiger partial charge on any atom is 0.490 e. The molecule has 32 heavy (non-hydrogen) atoms. The van der Waals surface area contributed by atoms with E-state index in [0.29, 0.717) is 31.2 Å². The number of halogens is 3. The maximum atomic E-state index is 11.9. The van der Waals surface area contributed by atoms with Crippen molar-refractivity contribution < 1.29 is 37.1 Å². The number of nitrogens with zero attached hydrogens (tertiary/aromatic N) is 4. The van der Waals surface area contributed by atoms with Gasteiger partial charge in [0.25, 0.3) is 5.89 Å². The van der Waals surface area contributed by atoms with E-state index in [1.54, 1.807) is 12.0 Å². The van der Waals surface area contributed by atoms with Crippen LogP contribution in [0.2, 0.25) is 0 Å². The number of hydrogen-bond acceptors (Lipinski definition) is 8. The zero-order valence-electron chi connectivity index (χ0n) is 17.8. The van der Waals surface area contributed by atoms with E-state index in [4.69, 9.17) is 24.9 Å². The number of fused-ring (bicyclic) bond motifs is 1. The molecule has 0 saturated carbocycles. The molecule has 0 saturated heterocycles. The summed E-state index contributed by atoms with van der Waals surface area (Å²) in [5, 5.41) is 11.3. The second-order valence-electron chi connectivity index (χ2n) is 6.88. The van der Waals surface area contributed by atoms with Gasteiger partial charge in [-0.25, -0.2) is 4.79 Å². The summed E-state index contributed by atoms with van der Waals surface area (Å²) in [6.45, 7) is 5.08. The molecule has 0 bridgehead atoms. The van der Waals surface area contributed by atoms with Gasteiger partial charge in [-0.05, 0) is 30.9 Å². The Hall–Kier alpha value is -3.06. The van der Waals surface area contributed by atoms with Gasteiger partial charge in [0.05, 0.1) is 6.54 Å². The molecule has 0 radical (unpaired) electrons. The van der Waals surface area contributed by atoms with Crippen molar-refractivity contribution in [1.82, 2.24) is 20.0 Å². The van der Waals surface area contributed by atoms with Crippen LogP contribution in [0.15, 0.2) is 10.7 Å². The molecule has 0 aromatic carbocycles. The Balaban J connectivity index is 0.000000451. The normalized spacial score (nSPS) is 14.3. The van der Waals surface area contributed by atoms with Crippen molar-refractivity contribution in [2.24, 2.45) is 5.73 Å². The largest absolute Gasteiger partial charge is 0.490 e. The van der Waals surface area contributed by atoms with Crippen LogP contribution >= 0.6 is 0 Å². The summed E-state index contributed by atoms with van der Waals surface area (Å²) in [5.74, 6) is -1.83. The number of carbonyl (C=O) groups is 2. The highest BCUT2D eigenvalue weighted by atomic mass is 19.4. The predicted octanol–water partition coefficient (Wildman–Crippen LogP) is 2.01. The molecule has 2 aromatic rings. The van der Waals surface area contributed by atoms with E-state index in [1.807, 2.05) is 20.0 Å². The summed E-state index contributed by atoms with van der Waals surface area (Å²) < 4.78 is 42.5. The third-order valence-electron chi connectivity index (χ3n) is 4.82. The lowest BCUT2D eigenvalue weighted by Crippen LogP contribution is -2.39. The lowest BCUT2D eigenvalue weighted by atomic mass is 9.94. The molecule has 0 aliphatic carbocycles. The topological polar surface area (TPSA) is 145 Å². The van der Waals surface area contributed by atoms with E-state index in [0.717, 1.165) is 28.8 Å². The molecule has 1 aliphatic heterocycles. The van der Waals surface area contributed by atoms with Crippen molar-refractivity contribution in [1.29, 1.82) is 0 Å². The average molecular weight is 459 g/mol. The first-order chi connectivity index (χ1) is 15.0. The van der Waals surface area contributed by atoms with Gasteiger partial charge >= 0.3 is 12.1 Å². The number of hydrogen-bond donors (Lipinski definition) is 2. The first-order valence-corrected chi connectivity index (χ1v) is 9.65. The molecule has 1 atom stereocenters. The number of amides is 1. The molecule has 1 aliphatic rings. The summed E-state index contributed by atoms with van der Waals surface area (Å²) in [5.41, 5.74) is 9.32. The smallest absolute Gasteiger partial charge is 0.475 e. The zero-order chi connectivity index (χ0) is 24.1. The number of pyridine rings is 1. The van der Waals surface area contributed by atoms with E-state index in [2.05, 4.69) is 15.1 Å². The minimum Gasteiger partial charge on any atom is -0.475 e. The fraction of sp³-hybridized carbons (Fsp3) is 0.526. The standard InChI is InChI=1S/C17H23N5O3.C2HF3O2/c1-4-13(24-3)17-20-16(21-25-17)15-10(2)19-8-11-9-22(14(23)7-18)6-5-12(11)15;3-2(4,5)1(6)7/h8,13H,4-7,9,18H2,1-3H3;(H,6,7). The van der Waals surface area contributed by atoms with Crippen molar-refractivity contribution in [3.05, 3.63) is 28.9 Å². The lowest BCUT2D eigenvalue weighted by molar-refractivity contribution is -0.192. The van der Waals surface area contributed by atoms with Gasteiger partial charge in [0.15, 0.2) is 0 Å². The summed E-state index contributed by atoms with van der Waals surface area (Å²) in [6, 6.07) is 0. The Labute approximate surface area is 181 Å². The summed E-state index contributed by atoms with van der Waals surface area (Å²) in [6.07, 6.45) is -2.02. The quantitative estimate of drug-likeness (QED) is 0.686. The highest BCUT2D eigenvalue weighted by molar-refractivity contribution is 5.78. The van der Waals surface area contributed by atoms with Gasteiger partial charge in [0.2, 0.25) is 11.7 Å². The number of carboxylic acids is 1. The van der Waals surface area contributed by atoms with Crippen LogP contribution in [0.25, 0.3) is 11.4 Å². The number of nitrogens with two attached hydrogens (primary N) is 1. The molecular formula is C19H24F3N5O5. The zero-order valence-corrected chi connectivity index (χ0v) is 17.8. The molecule has 2 aromatic heterocycles. The van der Waals surface area contributed by atoms with Crippen molar-refractivity contribution >= 4 is 11.9 Å². The third-order valence-corrected chi connectivity index (χ3v) is 4.82. The van der Waals surface area contributed by atoms with Gasteiger partial charge < -0.3 is 25.0 Å². The average Bonchev–Trinajstić information content (AvgIpc) is 3.22. The Morgan fingerprint density at radius 2 is 2.06 bits per heavy atom. The minimum atomic E-state index is -5.08. The second kappa shape index (κ2) is 10.5. The van der Waals surface area contributed by atoms with E-state index < -0.39 is 12.1 Å². The van der Waals surface area contributed by atoms with Crippen molar-refractivity contribution in [3.8, 4) is 11.4 Å². The molecular weight excluding hydrogens is 435 g/mol. The van der Waals surface area contributed by atoms with Crippen LogP contribution in [0.5, 0.6) is 0 Å². The molecule has 3 heterocycles.